The number of hydrogen-bond acceptors (Lipinski definition) is 2. The Morgan fingerprint density at radius 1 is 1.35 bits per heavy atom. The highest BCUT2D eigenvalue weighted by Crippen LogP contribution is 2.23. The first-order chi connectivity index (χ1) is 8.27. The number of hydrogen-bond donors (Lipinski definition) is 1. The first kappa shape index (κ1) is 12.3. The molecule has 0 aliphatic rings. The lowest BCUT2D eigenvalue weighted by Gasteiger charge is -2.09. The van der Waals surface area contributed by atoms with Gasteiger partial charge in [0.2, 0.25) is 0 Å². The summed E-state index contributed by atoms with van der Waals surface area (Å²) in [6.07, 6.45) is 3.69. The van der Waals surface area contributed by atoms with Gasteiger partial charge in [0.15, 0.2) is 0 Å². The van der Waals surface area contributed by atoms with Crippen LogP contribution in [0.4, 0.5) is 0 Å². The number of aliphatic hydroxyl groups is 1. The monoisotopic (exact) mass is 294 g/mol. The van der Waals surface area contributed by atoms with E-state index in [4.69, 9.17) is 0 Å². The van der Waals surface area contributed by atoms with E-state index < -0.39 is 0 Å². The van der Waals surface area contributed by atoms with Crippen LogP contribution < -0.4 is 0 Å². The molecule has 0 saturated heterocycles. The summed E-state index contributed by atoms with van der Waals surface area (Å²) >= 11 is 3.53. The van der Waals surface area contributed by atoms with E-state index in [2.05, 4.69) is 28.0 Å². The number of nitrogens with zero attached hydrogens (tertiary/aromatic N) is 2. The molecular weight excluding hydrogens is 280 g/mol. The Kier molecular flexibility index (Phi) is 3.97. The largest absolute Gasteiger partial charge is 0.392 e. The zero-order valence-corrected chi connectivity index (χ0v) is 11.3. The van der Waals surface area contributed by atoms with Gasteiger partial charge in [-0.1, -0.05) is 25.5 Å². The maximum Gasteiger partial charge on any atom is 0.0790 e. The molecule has 90 valence electrons. The van der Waals surface area contributed by atoms with Gasteiger partial charge in [0.05, 0.1) is 18.5 Å². The number of aliphatic hydroxyl groups excluding tert-OH is 1. The zero-order valence-electron chi connectivity index (χ0n) is 9.73. The van der Waals surface area contributed by atoms with Crippen molar-refractivity contribution in [2.24, 2.45) is 0 Å². The first-order valence-corrected chi connectivity index (χ1v) is 6.48. The predicted octanol–water partition coefficient (Wildman–Crippen LogP) is 3.08. The highest BCUT2D eigenvalue weighted by molar-refractivity contribution is 9.10. The van der Waals surface area contributed by atoms with Crippen molar-refractivity contribution in [2.75, 3.05) is 0 Å². The molecule has 0 unspecified atom stereocenters. The number of para-hydroxylation sites is 1. The fourth-order valence-electron chi connectivity index (χ4n) is 1.87. The zero-order chi connectivity index (χ0) is 12.3. The van der Waals surface area contributed by atoms with Gasteiger partial charge in [0.1, 0.15) is 0 Å². The Hall–Kier alpha value is -1.13. The van der Waals surface area contributed by atoms with Gasteiger partial charge < -0.3 is 5.11 Å². The van der Waals surface area contributed by atoms with Crippen LogP contribution in [0.15, 0.2) is 34.9 Å². The Morgan fingerprint density at radius 3 is 2.76 bits per heavy atom. The van der Waals surface area contributed by atoms with Crippen molar-refractivity contribution >= 4 is 15.9 Å². The van der Waals surface area contributed by atoms with Crippen molar-refractivity contribution < 1.29 is 5.11 Å². The van der Waals surface area contributed by atoms with Crippen LogP contribution in [0.2, 0.25) is 0 Å². The van der Waals surface area contributed by atoms with Gasteiger partial charge in [0, 0.05) is 15.7 Å². The number of halogens is 1. The third-order valence-electron chi connectivity index (χ3n) is 2.69. The Labute approximate surface area is 109 Å². The summed E-state index contributed by atoms with van der Waals surface area (Å²) in [7, 11) is 0. The quantitative estimate of drug-likeness (QED) is 0.941. The van der Waals surface area contributed by atoms with Gasteiger partial charge in [-0.25, -0.2) is 4.68 Å². The van der Waals surface area contributed by atoms with Gasteiger partial charge >= 0.3 is 0 Å². The summed E-state index contributed by atoms with van der Waals surface area (Å²) < 4.78 is 2.91. The Bertz CT molecular complexity index is 508. The summed E-state index contributed by atoms with van der Waals surface area (Å²) in [6.45, 7) is 2.16. The molecule has 0 spiro atoms. The highest BCUT2D eigenvalue weighted by atomic mass is 79.9. The van der Waals surface area contributed by atoms with Crippen LogP contribution in [0.5, 0.6) is 0 Å². The molecule has 0 bridgehead atoms. The molecule has 1 heterocycles. The smallest absolute Gasteiger partial charge is 0.0790 e. The fraction of sp³-hybridized carbons (Fsp3) is 0.308. The van der Waals surface area contributed by atoms with Crippen molar-refractivity contribution in [1.29, 1.82) is 0 Å². The summed E-state index contributed by atoms with van der Waals surface area (Å²) in [6, 6.07) is 7.96. The van der Waals surface area contributed by atoms with Crippen LogP contribution in [-0.2, 0) is 13.0 Å². The second-order valence-electron chi connectivity index (χ2n) is 3.89. The molecule has 1 aromatic carbocycles. The molecule has 17 heavy (non-hydrogen) atoms. The number of aromatic nitrogens is 2. The maximum atomic E-state index is 9.31. The van der Waals surface area contributed by atoms with Crippen molar-refractivity contribution in [1.82, 2.24) is 9.78 Å². The molecule has 2 aromatic rings. The second-order valence-corrected chi connectivity index (χ2v) is 4.74. The van der Waals surface area contributed by atoms with E-state index in [1.54, 1.807) is 6.20 Å². The third-order valence-corrected chi connectivity index (χ3v) is 3.36. The fourth-order valence-corrected chi connectivity index (χ4v) is 2.33. The summed E-state index contributed by atoms with van der Waals surface area (Å²) in [5.41, 5.74) is 3.00. The topological polar surface area (TPSA) is 38.1 Å². The molecule has 1 N–H and O–H groups in total. The second kappa shape index (κ2) is 5.47. The minimum atomic E-state index is 0.0415. The van der Waals surface area contributed by atoms with Crippen LogP contribution in [0, 0.1) is 0 Å². The number of benzene rings is 1. The van der Waals surface area contributed by atoms with Gasteiger partial charge in [-0.3, -0.25) is 0 Å². The van der Waals surface area contributed by atoms with Crippen molar-refractivity contribution in [3.05, 3.63) is 46.2 Å². The van der Waals surface area contributed by atoms with Gasteiger partial charge in [-0.05, 0) is 34.5 Å². The van der Waals surface area contributed by atoms with Crippen molar-refractivity contribution in [3.63, 3.8) is 0 Å². The van der Waals surface area contributed by atoms with Crippen LogP contribution in [0.3, 0.4) is 0 Å². The minimum Gasteiger partial charge on any atom is -0.392 e. The van der Waals surface area contributed by atoms with E-state index in [1.807, 2.05) is 28.9 Å². The van der Waals surface area contributed by atoms with Crippen LogP contribution in [0.25, 0.3) is 5.69 Å². The average molecular weight is 295 g/mol. The lowest BCUT2D eigenvalue weighted by Crippen LogP contribution is -2.04. The van der Waals surface area contributed by atoms with Crippen molar-refractivity contribution in [3.8, 4) is 5.69 Å². The molecule has 0 aliphatic heterocycles. The van der Waals surface area contributed by atoms with Gasteiger partial charge in [0.25, 0.3) is 0 Å². The lowest BCUT2D eigenvalue weighted by molar-refractivity contribution is 0.280. The average Bonchev–Trinajstić information content (AvgIpc) is 2.73. The minimum absolute atomic E-state index is 0.0415. The molecule has 0 saturated carbocycles. The Morgan fingerprint density at radius 2 is 2.12 bits per heavy atom. The van der Waals surface area contributed by atoms with Crippen LogP contribution >= 0.6 is 15.9 Å². The van der Waals surface area contributed by atoms with Gasteiger partial charge in [-0.2, -0.15) is 5.10 Å². The van der Waals surface area contributed by atoms with Gasteiger partial charge in [-0.15, -0.1) is 0 Å². The molecule has 0 atom stereocenters. The molecule has 4 heteroatoms. The molecular formula is C13H15BrN2O. The summed E-state index contributed by atoms with van der Waals surface area (Å²) in [5, 5.41) is 13.7. The van der Waals surface area contributed by atoms with E-state index in [-0.39, 0.29) is 6.61 Å². The predicted molar refractivity (Wildman–Crippen MR) is 71.2 cm³/mol. The van der Waals surface area contributed by atoms with E-state index in [9.17, 15) is 5.11 Å². The van der Waals surface area contributed by atoms with E-state index >= 15 is 0 Å². The number of rotatable bonds is 4. The summed E-state index contributed by atoms with van der Waals surface area (Å²) in [4.78, 5) is 0. The molecule has 2 rings (SSSR count). The molecule has 0 aliphatic carbocycles. The normalized spacial score (nSPS) is 10.8. The van der Waals surface area contributed by atoms with Crippen LogP contribution in [-0.4, -0.2) is 14.9 Å². The standard InChI is InChI=1S/C13H15BrN2O/c1-2-5-12-10(9-17)8-15-16(12)13-7-4-3-6-11(13)14/h3-4,6-8,17H,2,5,9H2,1H3. The van der Waals surface area contributed by atoms with E-state index in [0.717, 1.165) is 34.3 Å². The molecule has 0 radical (unpaired) electrons. The Balaban J connectivity index is 2.52. The molecule has 1 aromatic heterocycles. The SMILES string of the molecule is CCCc1c(CO)cnn1-c1ccccc1Br. The third kappa shape index (κ3) is 2.42. The van der Waals surface area contributed by atoms with Crippen molar-refractivity contribution in [2.45, 2.75) is 26.4 Å². The lowest BCUT2D eigenvalue weighted by atomic mass is 10.1. The van der Waals surface area contributed by atoms with E-state index in [1.165, 1.54) is 0 Å². The van der Waals surface area contributed by atoms with E-state index in [0.29, 0.717) is 0 Å². The molecule has 0 fully saturated rings. The maximum absolute atomic E-state index is 9.31. The molecule has 3 nitrogen and oxygen atoms in total. The molecule has 0 amide bonds. The highest BCUT2D eigenvalue weighted by Gasteiger charge is 2.12. The summed E-state index contributed by atoms with van der Waals surface area (Å²) in [5.74, 6) is 0. The first-order valence-electron chi connectivity index (χ1n) is 5.69. The van der Waals surface area contributed by atoms with Crippen LogP contribution in [0.1, 0.15) is 24.6 Å².